The Bertz CT molecular complexity index is 1510. The standard InChI is InChI=1S/C30H38ClFN4O5S2/c1-35(18-27(37)19-8-9-19)26-7-5-4-6-24(26)34-25-16-23(32)29(15-22(25)31)43(38,39)36(30-33-12-13-42-30)17-20-10-11-21(40-2)14-28(20)41-3/h10-16,19,24,26-27,34,37H,4-9,17-18H2,1-3H3/t24-,26-,27?/m0/s1. The first-order chi connectivity index (χ1) is 20.6. The van der Waals surface area contributed by atoms with Gasteiger partial charge in [0, 0.05) is 41.8 Å². The summed E-state index contributed by atoms with van der Waals surface area (Å²) in [5.41, 5.74) is 0.884. The molecule has 234 valence electrons. The summed E-state index contributed by atoms with van der Waals surface area (Å²) in [6.07, 6.45) is 7.15. The quantitative estimate of drug-likeness (QED) is 0.240. The maximum absolute atomic E-state index is 15.8. The summed E-state index contributed by atoms with van der Waals surface area (Å²) in [5.74, 6) is 0.437. The second kappa shape index (κ2) is 13.6. The number of hydrogen-bond acceptors (Lipinski definition) is 9. The van der Waals surface area contributed by atoms with Crippen molar-refractivity contribution in [1.29, 1.82) is 0 Å². The van der Waals surface area contributed by atoms with E-state index in [4.69, 9.17) is 21.1 Å². The van der Waals surface area contributed by atoms with E-state index in [1.54, 1.807) is 23.6 Å². The van der Waals surface area contributed by atoms with Crippen LogP contribution in [-0.4, -0.2) is 69.4 Å². The van der Waals surface area contributed by atoms with Gasteiger partial charge in [0.15, 0.2) is 5.13 Å². The van der Waals surface area contributed by atoms with Crippen molar-refractivity contribution in [3.63, 3.8) is 0 Å². The Balaban J connectivity index is 1.41. The number of ether oxygens (including phenoxy) is 2. The minimum atomic E-state index is -4.43. The predicted molar refractivity (Wildman–Crippen MR) is 167 cm³/mol. The fourth-order valence-electron chi connectivity index (χ4n) is 5.75. The molecule has 0 spiro atoms. The smallest absolute Gasteiger partial charge is 0.269 e. The van der Waals surface area contributed by atoms with E-state index in [9.17, 15) is 13.5 Å². The van der Waals surface area contributed by atoms with E-state index in [-0.39, 0.29) is 34.9 Å². The van der Waals surface area contributed by atoms with Gasteiger partial charge in [-0.3, -0.25) is 4.90 Å². The van der Waals surface area contributed by atoms with Gasteiger partial charge in [-0.1, -0.05) is 24.4 Å². The van der Waals surface area contributed by atoms with Gasteiger partial charge in [0.1, 0.15) is 22.2 Å². The Morgan fingerprint density at radius 3 is 2.60 bits per heavy atom. The number of aromatic nitrogens is 1. The van der Waals surface area contributed by atoms with Crippen LogP contribution in [0.2, 0.25) is 5.02 Å². The zero-order valence-corrected chi connectivity index (χ0v) is 26.9. The first-order valence-electron chi connectivity index (χ1n) is 14.4. The van der Waals surface area contributed by atoms with Gasteiger partial charge in [0.2, 0.25) is 0 Å². The molecule has 1 heterocycles. The molecular formula is C30H38ClFN4O5S2. The van der Waals surface area contributed by atoms with Crippen LogP contribution in [0.3, 0.4) is 0 Å². The topological polar surface area (TPSA) is 104 Å². The number of halogens is 2. The van der Waals surface area contributed by atoms with Crippen LogP contribution in [0.15, 0.2) is 46.8 Å². The van der Waals surface area contributed by atoms with Gasteiger partial charge in [-0.15, -0.1) is 11.3 Å². The van der Waals surface area contributed by atoms with E-state index >= 15 is 4.39 Å². The SMILES string of the molecule is COc1ccc(CN(c2nccs2)S(=O)(=O)c2cc(Cl)c(N[C@H]3CCCC[C@@H]3N(C)CC(O)C3CC3)cc2F)c(OC)c1. The molecule has 13 heteroatoms. The second-order valence-corrected chi connectivity index (χ2v) is 14.3. The van der Waals surface area contributed by atoms with E-state index in [2.05, 4.69) is 15.2 Å². The molecule has 0 bridgehead atoms. The zero-order valence-electron chi connectivity index (χ0n) is 24.5. The van der Waals surface area contributed by atoms with Crippen LogP contribution in [0.25, 0.3) is 0 Å². The summed E-state index contributed by atoms with van der Waals surface area (Å²) in [6.45, 7) is 0.432. The first-order valence-corrected chi connectivity index (χ1v) is 17.1. The molecule has 5 rings (SSSR count). The van der Waals surface area contributed by atoms with Crippen LogP contribution in [0.1, 0.15) is 44.1 Å². The summed E-state index contributed by atoms with van der Waals surface area (Å²) in [6, 6.07) is 7.48. The van der Waals surface area contributed by atoms with Gasteiger partial charge in [0.05, 0.1) is 37.6 Å². The number of likely N-dealkylation sites (N-methyl/N-ethyl adjacent to an activating group) is 1. The number of sulfonamides is 1. The Morgan fingerprint density at radius 1 is 1.16 bits per heavy atom. The fraction of sp³-hybridized carbons (Fsp3) is 0.500. The van der Waals surface area contributed by atoms with Crippen LogP contribution in [0.5, 0.6) is 11.5 Å². The number of rotatable bonds is 13. The maximum atomic E-state index is 15.8. The Morgan fingerprint density at radius 2 is 1.93 bits per heavy atom. The van der Waals surface area contributed by atoms with Crippen LogP contribution in [0, 0.1) is 11.7 Å². The molecule has 2 saturated carbocycles. The van der Waals surface area contributed by atoms with Crippen LogP contribution >= 0.6 is 22.9 Å². The maximum Gasteiger partial charge on any atom is 0.269 e. The van der Waals surface area contributed by atoms with Crippen molar-refractivity contribution < 1.29 is 27.4 Å². The number of nitrogens with zero attached hydrogens (tertiary/aromatic N) is 3. The predicted octanol–water partition coefficient (Wildman–Crippen LogP) is 5.77. The average molecular weight is 653 g/mol. The molecule has 3 aromatic rings. The molecule has 2 aliphatic carbocycles. The summed E-state index contributed by atoms with van der Waals surface area (Å²) in [7, 11) is 0.586. The van der Waals surface area contributed by atoms with Crippen molar-refractivity contribution in [2.24, 2.45) is 5.92 Å². The van der Waals surface area contributed by atoms with Crippen molar-refractivity contribution in [3.8, 4) is 11.5 Å². The van der Waals surface area contributed by atoms with E-state index in [0.29, 0.717) is 35.2 Å². The summed E-state index contributed by atoms with van der Waals surface area (Å²) < 4.78 is 55.6. The highest BCUT2D eigenvalue weighted by molar-refractivity contribution is 7.93. The first kappa shape index (κ1) is 31.8. The minimum Gasteiger partial charge on any atom is -0.497 e. The highest BCUT2D eigenvalue weighted by atomic mass is 35.5. The Labute approximate surface area is 261 Å². The van der Waals surface area contributed by atoms with Crippen LogP contribution < -0.4 is 19.1 Å². The molecule has 0 aliphatic heterocycles. The number of hydrogen-bond donors (Lipinski definition) is 2. The minimum absolute atomic E-state index is 0.0288. The Hall–Kier alpha value is -2.64. The molecule has 2 fully saturated rings. The van der Waals surface area contributed by atoms with Crippen molar-refractivity contribution in [3.05, 3.63) is 58.3 Å². The number of aliphatic hydroxyl groups excluding tert-OH is 1. The number of nitrogens with one attached hydrogen (secondary N) is 1. The zero-order chi connectivity index (χ0) is 30.7. The molecule has 9 nitrogen and oxygen atoms in total. The molecule has 1 unspecified atom stereocenters. The third-order valence-electron chi connectivity index (χ3n) is 8.31. The van der Waals surface area contributed by atoms with Gasteiger partial charge < -0.3 is 19.9 Å². The molecular weight excluding hydrogens is 615 g/mol. The van der Waals surface area contributed by atoms with E-state index in [1.165, 1.54) is 26.5 Å². The normalized spacial score (nSPS) is 19.7. The summed E-state index contributed by atoms with van der Waals surface area (Å²) >= 11 is 7.77. The molecule has 2 aromatic carbocycles. The van der Waals surface area contributed by atoms with Crippen molar-refractivity contribution in [1.82, 2.24) is 9.88 Å². The third kappa shape index (κ3) is 7.20. The van der Waals surface area contributed by atoms with E-state index in [0.717, 1.165) is 60.2 Å². The van der Waals surface area contributed by atoms with Gasteiger partial charge in [-0.2, -0.15) is 0 Å². The summed E-state index contributed by atoms with van der Waals surface area (Å²) in [5, 5.41) is 15.8. The molecule has 43 heavy (non-hydrogen) atoms. The fourth-order valence-corrected chi connectivity index (χ4v) is 8.38. The lowest BCUT2D eigenvalue weighted by Gasteiger charge is -2.39. The number of benzene rings is 2. The van der Waals surface area contributed by atoms with Crippen LogP contribution in [-0.2, 0) is 16.6 Å². The molecule has 1 aromatic heterocycles. The lowest BCUT2D eigenvalue weighted by atomic mass is 9.89. The molecule has 0 radical (unpaired) electrons. The third-order valence-corrected chi connectivity index (χ3v) is 11.3. The van der Waals surface area contributed by atoms with Gasteiger partial charge in [-0.25, -0.2) is 22.1 Å². The lowest BCUT2D eigenvalue weighted by Crippen LogP contribution is -2.49. The number of thiazole rings is 1. The highest BCUT2D eigenvalue weighted by Crippen LogP contribution is 2.37. The van der Waals surface area contributed by atoms with Gasteiger partial charge in [0.25, 0.3) is 10.0 Å². The Kier molecular flexibility index (Phi) is 10.0. The van der Waals surface area contributed by atoms with Crippen molar-refractivity contribution in [2.45, 2.75) is 68.2 Å². The van der Waals surface area contributed by atoms with E-state index in [1.807, 2.05) is 7.05 Å². The van der Waals surface area contributed by atoms with Crippen molar-refractivity contribution >= 4 is 43.8 Å². The average Bonchev–Trinajstić information content (AvgIpc) is 3.72. The molecule has 3 atom stereocenters. The number of anilines is 2. The van der Waals surface area contributed by atoms with Gasteiger partial charge in [-0.05, 0) is 62.9 Å². The second-order valence-electron chi connectivity index (χ2n) is 11.2. The molecule has 0 saturated heterocycles. The van der Waals surface area contributed by atoms with Gasteiger partial charge >= 0.3 is 0 Å². The summed E-state index contributed by atoms with van der Waals surface area (Å²) in [4.78, 5) is 5.85. The monoisotopic (exact) mass is 652 g/mol. The number of methoxy groups -OCH3 is 2. The highest BCUT2D eigenvalue weighted by Gasteiger charge is 2.35. The molecule has 2 N–H and O–H groups in total. The van der Waals surface area contributed by atoms with Crippen LogP contribution in [0.4, 0.5) is 15.2 Å². The largest absolute Gasteiger partial charge is 0.497 e. The molecule has 0 amide bonds. The van der Waals surface area contributed by atoms with E-state index < -0.39 is 20.7 Å². The lowest BCUT2D eigenvalue weighted by molar-refractivity contribution is 0.0735. The van der Waals surface area contributed by atoms with Crippen molar-refractivity contribution in [2.75, 3.05) is 37.4 Å². The molecule has 2 aliphatic rings. The number of aliphatic hydroxyl groups is 1.